The molecule has 7 heteroatoms. The second-order valence-electron chi connectivity index (χ2n) is 8.41. The quantitative estimate of drug-likeness (QED) is 0.463. The van der Waals surface area contributed by atoms with E-state index in [-0.39, 0.29) is 6.61 Å². The van der Waals surface area contributed by atoms with Crippen molar-refractivity contribution in [3.8, 4) is 0 Å². The molecule has 7 nitrogen and oxygen atoms in total. The molecule has 0 spiro atoms. The highest BCUT2D eigenvalue weighted by Gasteiger charge is 2.29. The number of carbonyl (C=O) groups excluding carboxylic acids is 2. The van der Waals surface area contributed by atoms with Gasteiger partial charge in [-0.25, -0.2) is 9.59 Å². The Kier molecular flexibility index (Phi) is 6.85. The maximum absolute atomic E-state index is 12.8. The lowest BCUT2D eigenvalue weighted by Crippen LogP contribution is -2.24. The molecule has 0 bridgehead atoms. The van der Waals surface area contributed by atoms with E-state index in [9.17, 15) is 9.59 Å². The number of H-pyrrole nitrogens is 2. The third kappa shape index (κ3) is 5.35. The molecule has 0 aliphatic heterocycles. The normalized spacial score (nSPS) is 11.6. The number of fused-ring (bicyclic) bond motifs is 1. The Labute approximate surface area is 182 Å². The Morgan fingerprint density at radius 1 is 1.06 bits per heavy atom. The van der Waals surface area contributed by atoms with E-state index in [0.717, 1.165) is 16.5 Å². The molecule has 0 saturated carbocycles. The fraction of sp³-hybridized carbons (Fsp3) is 0.417. The van der Waals surface area contributed by atoms with Crippen LogP contribution >= 0.6 is 0 Å². The number of hydrogen-bond donors (Lipinski definition) is 3. The Hall–Kier alpha value is -3.06. The molecule has 0 fully saturated rings. The first-order valence-corrected chi connectivity index (χ1v) is 10.6. The van der Waals surface area contributed by atoms with Crippen LogP contribution in [-0.2, 0) is 29.0 Å². The predicted octanol–water partition coefficient (Wildman–Crippen LogP) is 4.48. The molecular weight excluding hydrogens is 394 g/mol. The van der Waals surface area contributed by atoms with E-state index in [0.29, 0.717) is 42.0 Å². The maximum Gasteiger partial charge on any atom is 0.355 e. The summed E-state index contributed by atoms with van der Waals surface area (Å²) >= 11 is 0. The average Bonchev–Trinajstić information content (AvgIpc) is 3.30. The van der Waals surface area contributed by atoms with Crippen molar-refractivity contribution in [2.45, 2.75) is 59.7 Å². The summed E-state index contributed by atoms with van der Waals surface area (Å²) in [5.41, 5.74) is 3.53. The molecular formula is C24H31N3O4. The van der Waals surface area contributed by atoms with Gasteiger partial charge in [-0.1, -0.05) is 19.1 Å². The number of ether oxygens (including phenoxy) is 2. The summed E-state index contributed by atoms with van der Waals surface area (Å²) in [5.74, 6) is -0.909. The van der Waals surface area contributed by atoms with Crippen LogP contribution in [0.1, 0.15) is 72.3 Å². The van der Waals surface area contributed by atoms with Gasteiger partial charge in [-0.3, -0.25) is 0 Å². The molecule has 3 rings (SSSR count). The fourth-order valence-electron chi connectivity index (χ4n) is 3.57. The van der Waals surface area contributed by atoms with E-state index < -0.39 is 17.5 Å². The van der Waals surface area contributed by atoms with E-state index in [1.807, 2.05) is 40.0 Å². The average molecular weight is 426 g/mol. The van der Waals surface area contributed by atoms with Crippen LogP contribution in [0.25, 0.3) is 10.9 Å². The molecule has 0 unspecified atom stereocenters. The molecule has 0 aliphatic carbocycles. The number of carbonyl (C=O) groups is 2. The van der Waals surface area contributed by atoms with Crippen LogP contribution in [0.15, 0.2) is 30.5 Å². The lowest BCUT2D eigenvalue weighted by atomic mass is 10.1. The van der Waals surface area contributed by atoms with Crippen molar-refractivity contribution >= 4 is 22.8 Å². The van der Waals surface area contributed by atoms with Crippen LogP contribution < -0.4 is 5.32 Å². The molecule has 1 aromatic carbocycles. The number of aromatic nitrogens is 2. The molecule has 31 heavy (non-hydrogen) atoms. The van der Waals surface area contributed by atoms with Crippen LogP contribution in [0, 0.1) is 0 Å². The molecule has 0 amide bonds. The van der Waals surface area contributed by atoms with E-state index in [1.54, 1.807) is 6.92 Å². The van der Waals surface area contributed by atoms with Gasteiger partial charge in [0.15, 0.2) is 0 Å². The minimum Gasteiger partial charge on any atom is -0.462 e. The highest BCUT2D eigenvalue weighted by molar-refractivity contribution is 5.99. The lowest BCUT2D eigenvalue weighted by molar-refractivity contribution is 0.00621. The fourth-order valence-corrected chi connectivity index (χ4v) is 3.57. The molecule has 0 radical (unpaired) electrons. The Morgan fingerprint density at radius 2 is 1.84 bits per heavy atom. The molecule has 166 valence electrons. The lowest BCUT2D eigenvalue weighted by Gasteiger charge is -2.19. The summed E-state index contributed by atoms with van der Waals surface area (Å²) in [6.07, 6.45) is 2.42. The van der Waals surface area contributed by atoms with E-state index in [1.165, 1.54) is 0 Å². The zero-order valence-electron chi connectivity index (χ0n) is 18.8. The molecule has 2 aromatic heterocycles. The van der Waals surface area contributed by atoms with Crippen LogP contribution in [0.5, 0.6) is 0 Å². The highest BCUT2D eigenvalue weighted by atomic mass is 16.6. The van der Waals surface area contributed by atoms with Crippen LogP contribution in [0.3, 0.4) is 0 Å². The molecule has 0 aliphatic rings. The Balaban J connectivity index is 1.84. The van der Waals surface area contributed by atoms with Gasteiger partial charge in [-0.2, -0.15) is 0 Å². The zero-order valence-corrected chi connectivity index (χ0v) is 18.8. The van der Waals surface area contributed by atoms with Crippen LogP contribution in [-0.4, -0.2) is 34.1 Å². The standard InChI is InChI=1S/C24H31N3O4/c1-6-17-20(22(28)30-7-2)19(27-21(17)23(29)31-24(3,4)5)14-25-13-15-8-9-16-10-11-26-18(16)12-15/h8-12,25-27H,6-7,13-14H2,1-5H3. The van der Waals surface area contributed by atoms with Gasteiger partial charge in [0.25, 0.3) is 0 Å². The van der Waals surface area contributed by atoms with Gasteiger partial charge >= 0.3 is 11.9 Å². The maximum atomic E-state index is 12.8. The van der Waals surface area contributed by atoms with Gasteiger partial charge in [0.2, 0.25) is 0 Å². The Morgan fingerprint density at radius 3 is 2.52 bits per heavy atom. The van der Waals surface area contributed by atoms with Crippen molar-refractivity contribution in [2.75, 3.05) is 6.61 Å². The number of hydrogen-bond acceptors (Lipinski definition) is 5. The number of rotatable bonds is 8. The predicted molar refractivity (Wildman–Crippen MR) is 120 cm³/mol. The van der Waals surface area contributed by atoms with E-state index >= 15 is 0 Å². The summed E-state index contributed by atoms with van der Waals surface area (Å²) in [4.78, 5) is 31.8. The second-order valence-corrected chi connectivity index (χ2v) is 8.41. The number of esters is 2. The van der Waals surface area contributed by atoms with Crippen molar-refractivity contribution in [1.29, 1.82) is 0 Å². The summed E-state index contributed by atoms with van der Waals surface area (Å²) in [5, 5.41) is 4.52. The number of benzene rings is 1. The van der Waals surface area contributed by atoms with Gasteiger partial charge in [0.1, 0.15) is 11.3 Å². The van der Waals surface area contributed by atoms with E-state index in [2.05, 4.69) is 33.5 Å². The van der Waals surface area contributed by atoms with Crippen LogP contribution in [0.2, 0.25) is 0 Å². The minimum absolute atomic E-state index is 0.262. The third-order valence-corrected chi connectivity index (χ3v) is 4.87. The first-order valence-electron chi connectivity index (χ1n) is 10.6. The highest BCUT2D eigenvalue weighted by Crippen LogP contribution is 2.24. The minimum atomic E-state index is -0.633. The van der Waals surface area contributed by atoms with Gasteiger partial charge in [0, 0.05) is 30.5 Å². The first kappa shape index (κ1) is 22.6. The van der Waals surface area contributed by atoms with Gasteiger partial charge < -0.3 is 24.8 Å². The summed E-state index contributed by atoms with van der Waals surface area (Å²) in [6.45, 7) is 10.4. The molecule has 0 atom stereocenters. The van der Waals surface area contributed by atoms with Gasteiger partial charge in [0.05, 0.1) is 12.2 Å². The van der Waals surface area contributed by atoms with E-state index in [4.69, 9.17) is 9.47 Å². The monoisotopic (exact) mass is 425 g/mol. The first-order chi connectivity index (χ1) is 14.7. The molecule has 2 heterocycles. The van der Waals surface area contributed by atoms with Gasteiger partial charge in [-0.05, 0) is 62.8 Å². The van der Waals surface area contributed by atoms with Crippen molar-refractivity contribution in [2.24, 2.45) is 0 Å². The van der Waals surface area contributed by atoms with Crippen molar-refractivity contribution in [3.63, 3.8) is 0 Å². The summed E-state index contributed by atoms with van der Waals surface area (Å²) in [7, 11) is 0. The zero-order chi connectivity index (χ0) is 22.6. The van der Waals surface area contributed by atoms with Gasteiger partial charge in [-0.15, -0.1) is 0 Å². The summed E-state index contributed by atoms with van der Waals surface area (Å²) < 4.78 is 10.8. The van der Waals surface area contributed by atoms with Crippen molar-refractivity contribution in [1.82, 2.24) is 15.3 Å². The topological polar surface area (TPSA) is 96.2 Å². The van der Waals surface area contributed by atoms with Crippen molar-refractivity contribution in [3.05, 3.63) is 58.5 Å². The van der Waals surface area contributed by atoms with Crippen LogP contribution in [0.4, 0.5) is 0 Å². The second kappa shape index (κ2) is 9.39. The third-order valence-electron chi connectivity index (χ3n) is 4.87. The van der Waals surface area contributed by atoms with Crippen molar-refractivity contribution < 1.29 is 19.1 Å². The number of nitrogens with one attached hydrogen (secondary N) is 3. The SMILES string of the molecule is CCOC(=O)c1c(CNCc2ccc3cc[nH]c3c2)[nH]c(C(=O)OC(C)(C)C)c1CC. The summed E-state index contributed by atoms with van der Waals surface area (Å²) in [6, 6.07) is 8.25. The largest absolute Gasteiger partial charge is 0.462 e. The molecule has 3 N–H and O–H groups in total. The Bertz CT molecular complexity index is 1070. The number of aromatic amines is 2. The molecule has 3 aromatic rings. The smallest absolute Gasteiger partial charge is 0.355 e. The molecule has 0 saturated heterocycles.